The predicted molar refractivity (Wildman–Crippen MR) is 42.0 cm³/mol. The molecule has 0 aliphatic rings. The molecule has 5 nitrogen and oxygen atoms in total. The monoisotopic (exact) mass is 170 g/mol. The van der Waals surface area contributed by atoms with Gasteiger partial charge < -0.3 is 14.8 Å². The molecular formula is C7H10N2O3. The van der Waals surface area contributed by atoms with E-state index in [1.165, 1.54) is 12.4 Å². The van der Waals surface area contributed by atoms with Gasteiger partial charge in [-0.2, -0.15) is 4.98 Å². The minimum Gasteiger partial charge on any atom is -0.488 e. The molecule has 12 heavy (non-hydrogen) atoms. The van der Waals surface area contributed by atoms with Crippen LogP contribution in [-0.2, 0) is 0 Å². The van der Waals surface area contributed by atoms with E-state index < -0.39 is 11.8 Å². The maximum absolute atomic E-state index is 10.5. The van der Waals surface area contributed by atoms with Gasteiger partial charge >= 0.3 is 5.69 Å². The van der Waals surface area contributed by atoms with E-state index in [9.17, 15) is 4.79 Å². The summed E-state index contributed by atoms with van der Waals surface area (Å²) in [5.74, 6) is 0.440. The molecule has 1 rings (SSSR count). The Bertz CT molecular complexity index is 274. The van der Waals surface area contributed by atoms with E-state index in [4.69, 9.17) is 9.84 Å². The van der Waals surface area contributed by atoms with Crippen molar-refractivity contribution in [2.24, 2.45) is 0 Å². The topological polar surface area (TPSA) is 75.2 Å². The highest BCUT2D eigenvalue weighted by molar-refractivity contribution is 5.09. The molecule has 0 saturated carbocycles. The zero-order chi connectivity index (χ0) is 8.97. The number of aromatic nitrogens is 2. The summed E-state index contributed by atoms with van der Waals surface area (Å²) in [5, 5.41) is 8.85. The fourth-order valence-electron chi connectivity index (χ4n) is 0.625. The first-order valence-electron chi connectivity index (χ1n) is 3.54. The highest BCUT2D eigenvalue weighted by atomic mass is 16.5. The number of nitrogens with one attached hydrogen (secondary N) is 1. The first-order valence-corrected chi connectivity index (χ1v) is 3.54. The molecule has 1 unspecified atom stereocenters. The van der Waals surface area contributed by atoms with Crippen LogP contribution >= 0.6 is 0 Å². The number of rotatable bonds is 3. The van der Waals surface area contributed by atoms with Crippen molar-refractivity contribution in [2.45, 2.75) is 13.0 Å². The highest BCUT2D eigenvalue weighted by Gasteiger charge is 1.97. The van der Waals surface area contributed by atoms with E-state index in [1.54, 1.807) is 6.92 Å². The van der Waals surface area contributed by atoms with Crippen molar-refractivity contribution in [1.82, 2.24) is 9.97 Å². The van der Waals surface area contributed by atoms with Crippen LogP contribution in [0.1, 0.15) is 6.92 Å². The Balaban J connectivity index is 2.53. The molecule has 0 spiro atoms. The molecule has 0 aliphatic carbocycles. The number of hydrogen-bond donors (Lipinski definition) is 2. The maximum Gasteiger partial charge on any atom is 0.345 e. The summed E-state index contributed by atoms with van der Waals surface area (Å²) in [6.45, 7) is 1.80. The fourth-order valence-corrected chi connectivity index (χ4v) is 0.625. The second-order valence-corrected chi connectivity index (χ2v) is 2.41. The van der Waals surface area contributed by atoms with Crippen LogP contribution in [-0.4, -0.2) is 27.8 Å². The van der Waals surface area contributed by atoms with Gasteiger partial charge in [-0.25, -0.2) is 4.79 Å². The van der Waals surface area contributed by atoms with E-state index in [1.807, 2.05) is 0 Å². The molecule has 5 heteroatoms. The standard InChI is InChI=1S/C7H10N2O3/c1-5(10)4-12-6-2-8-7(11)9-3-6/h2-3,5,10H,4H2,1H3,(H,8,9,11). The first-order chi connectivity index (χ1) is 5.68. The minimum absolute atomic E-state index is 0.188. The zero-order valence-electron chi connectivity index (χ0n) is 6.65. The van der Waals surface area contributed by atoms with Crippen LogP contribution in [0.25, 0.3) is 0 Å². The number of aromatic amines is 1. The van der Waals surface area contributed by atoms with E-state index >= 15 is 0 Å². The molecule has 1 aromatic heterocycles. The molecule has 0 aliphatic heterocycles. The summed E-state index contributed by atoms with van der Waals surface area (Å²) in [4.78, 5) is 16.3. The molecule has 0 aromatic carbocycles. The third-order valence-corrected chi connectivity index (χ3v) is 1.14. The smallest absolute Gasteiger partial charge is 0.345 e. The fraction of sp³-hybridized carbons (Fsp3) is 0.429. The average molecular weight is 170 g/mol. The van der Waals surface area contributed by atoms with Crippen LogP contribution in [0.3, 0.4) is 0 Å². The summed E-state index contributed by atoms with van der Waals surface area (Å²) in [6.07, 6.45) is 2.18. The Morgan fingerprint density at radius 1 is 1.83 bits per heavy atom. The predicted octanol–water partition coefficient (Wildman–Crippen LogP) is -0.471. The van der Waals surface area contributed by atoms with E-state index in [2.05, 4.69) is 9.97 Å². The minimum atomic E-state index is -0.531. The van der Waals surface area contributed by atoms with Crippen molar-refractivity contribution >= 4 is 0 Å². The molecule has 1 aromatic rings. The van der Waals surface area contributed by atoms with Gasteiger partial charge in [-0.15, -0.1) is 0 Å². The summed E-state index contributed by atoms with van der Waals surface area (Å²) in [5.41, 5.74) is -0.417. The lowest BCUT2D eigenvalue weighted by Gasteiger charge is -2.05. The van der Waals surface area contributed by atoms with E-state index in [0.717, 1.165) is 0 Å². The molecule has 0 amide bonds. The molecule has 0 fully saturated rings. The Kier molecular flexibility index (Phi) is 2.82. The molecule has 66 valence electrons. The zero-order valence-corrected chi connectivity index (χ0v) is 6.65. The van der Waals surface area contributed by atoms with Gasteiger partial charge in [0.2, 0.25) is 0 Å². The van der Waals surface area contributed by atoms with Gasteiger partial charge in [0.1, 0.15) is 6.61 Å². The van der Waals surface area contributed by atoms with Gasteiger partial charge in [-0.05, 0) is 6.92 Å². The summed E-state index contributed by atoms with van der Waals surface area (Å²) in [6, 6.07) is 0. The highest BCUT2D eigenvalue weighted by Crippen LogP contribution is 2.02. The summed E-state index contributed by atoms with van der Waals surface area (Å²) < 4.78 is 5.04. The van der Waals surface area contributed by atoms with E-state index in [0.29, 0.717) is 5.75 Å². The molecule has 0 radical (unpaired) electrons. The lowest BCUT2D eigenvalue weighted by Crippen LogP contribution is -2.14. The SMILES string of the molecule is CC(O)COc1cnc(=O)[nH]c1. The Labute approximate surface area is 69.0 Å². The van der Waals surface area contributed by atoms with E-state index in [-0.39, 0.29) is 6.61 Å². The average Bonchev–Trinajstić information content (AvgIpc) is 2.03. The van der Waals surface area contributed by atoms with Crippen molar-refractivity contribution < 1.29 is 9.84 Å². The van der Waals surface area contributed by atoms with Crippen molar-refractivity contribution in [2.75, 3.05) is 6.61 Å². The second-order valence-electron chi connectivity index (χ2n) is 2.41. The molecule has 1 heterocycles. The lowest BCUT2D eigenvalue weighted by molar-refractivity contribution is 0.122. The van der Waals surface area contributed by atoms with Crippen molar-refractivity contribution in [3.05, 3.63) is 22.9 Å². The van der Waals surface area contributed by atoms with Gasteiger partial charge in [-0.1, -0.05) is 0 Å². The van der Waals surface area contributed by atoms with Crippen LogP contribution in [0.2, 0.25) is 0 Å². The Morgan fingerprint density at radius 2 is 2.58 bits per heavy atom. The number of aliphatic hydroxyl groups excluding tert-OH is 1. The molecular weight excluding hydrogens is 160 g/mol. The van der Waals surface area contributed by atoms with Gasteiger partial charge in [0.15, 0.2) is 5.75 Å². The van der Waals surface area contributed by atoms with Crippen molar-refractivity contribution in [3.63, 3.8) is 0 Å². The van der Waals surface area contributed by atoms with Crippen LogP contribution in [0.15, 0.2) is 17.2 Å². The van der Waals surface area contributed by atoms with Crippen LogP contribution < -0.4 is 10.4 Å². The third kappa shape index (κ3) is 2.71. The maximum atomic E-state index is 10.5. The second kappa shape index (κ2) is 3.87. The summed E-state index contributed by atoms with van der Waals surface area (Å²) >= 11 is 0. The largest absolute Gasteiger partial charge is 0.488 e. The number of nitrogens with zero attached hydrogens (tertiary/aromatic N) is 1. The Hall–Kier alpha value is -1.36. The van der Waals surface area contributed by atoms with Crippen LogP contribution in [0.4, 0.5) is 0 Å². The number of hydrogen-bond acceptors (Lipinski definition) is 4. The van der Waals surface area contributed by atoms with Gasteiger partial charge in [0, 0.05) is 6.20 Å². The molecule has 1 atom stereocenters. The third-order valence-electron chi connectivity index (χ3n) is 1.14. The normalized spacial score (nSPS) is 12.5. The first kappa shape index (κ1) is 8.73. The van der Waals surface area contributed by atoms with Crippen molar-refractivity contribution in [3.8, 4) is 5.75 Å². The van der Waals surface area contributed by atoms with Gasteiger partial charge in [0.05, 0.1) is 12.3 Å². The Morgan fingerprint density at radius 3 is 3.08 bits per heavy atom. The molecule has 0 bridgehead atoms. The van der Waals surface area contributed by atoms with Gasteiger partial charge in [-0.3, -0.25) is 0 Å². The molecule has 2 N–H and O–H groups in total. The lowest BCUT2D eigenvalue weighted by atomic mass is 10.4. The van der Waals surface area contributed by atoms with Crippen LogP contribution in [0, 0.1) is 0 Å². The molecule has 0 saturated heterocycles. The van der Waals surface area contributed by atoms with Crippen molar-refractivity contribution in [1.29, 1.82) is 0 Å². The number of H-pyrrole nitrogens is 1. The summed E-state index contributed by atoms with van der Waals surface area (Å²) in [7, 11) is 0. The van der Waals surface area contributed by atoms with Gasteiger partial charge in [0.25, 0.3) is 0 Å². The number of aliphatic hydroxyl groups is 1. The number of ether oxygens (including phenoxy) is 1. The van der Waals surface area contributed by atoms with Crippen LogP contribution in [0.5, 0.6) is 5.75 Å². The quantitative estimate of drug-likeness (QED) is 0.643.